The molecule has 0 aliphatic heterocycles. The van der Waals surface area contributed by atoms with Gasteiger partial charge in [0.05, 0.1) is 40.3 Å². The average molecular weight is 836 g/mol. The molecule has 0 aliphatic rings. The lowest BCUT2D eigenvalue weighted by Crippen LogP contribution is -2.55. The first kappa shape index (κ1) is 57.1. The molecule has 0 amide bonds. The van der Waals surface area contributed by atoms with E-state index in [1.165, 1.54) is 161 Å². The standard InChI is InChI=1S/C51H97NO7/c1-6-8-10-12-14-16-18-20-22-24-26-28-30-32-34-36-38-40-42-50(54)59-47(45-57-44-43-48(51(55)56)52(3,4)5)46-58-49(53)41-39-37-35-33-31-29-27-25-23-21-19-17-15-13-11-9-7-2/h26,28,47-48H,6-25,27,29-46H2,1-5H3/b28-26+. The number of esters is 2. The number of unbranched alkanes of at least 4 members (excludes halogenated alkanes) is 30. The van der Waals surface area contributed by atoms with Crippen LogP contribution in [0.3, 0.4) is 0 Å². The van der Waals surface area contributed by atoms with Crippen molar-refractivity contribution in [2.75, 3.05) is 41.0 Å². The second kappa shape index (κ2) is 42.7. The summed E-state index contributed by atoms with van der Waals surface area (Å²) >= 11 is 0. The molecule has 0 saturated carbocycles. The number of nitrogens with zero attached hydrogens (tertiary/aromatic N) is 1. The lowest BCUT2D eigenvalue weighted by molar-refractivity contribution is -0.889. The van der Waals surface area contributed by atoms with E-state index in [-0.39, 0.29) is 42.7 Å². The molecule has 0 spiro atoms. The number of ether oxygens (including phenoxy) is 3. The molecule has 59 heavy (non-hydrogen) atoms. The summed E-state index contributed by atoms with van der Waals surface area (Å²) in [5.41, 5.74) is 0. The van der Waals surface area contributed by atoms with Gasteiger partial charge in [-0.25, -0.2) is 0 Å². The van der Waals surface area contributed by atoms with Gasteiger partial charge in [0, 0.05) is 19.3 Å². The fourth-order valence-electron chi connectivity index (χ4n) is 7.71. The number of hydrogen-bond donors (Lipinski definition) is 0. The van der Waals surface area contributed by atoms with E-state index in [9.17, 15) is 19.5 Å². The molecule has 0 fully saturated rings. The van der Waals surface area contributed by atoms with Crippen LogP contribution in [0.15, 0.2) is 12.2 Å². The highest BCUT2D eigenvalue weighted by Gasteiger charge is 2.25. The van der Waals surface area contributed by atoms with Crippen molar-refractivity contribution in [3.63, 3.8) is 0 Å². The van der Waals surface area contributed by atoms with Gasteiger partial charge in [0.15, 0.2) is 6.10 Å². The third-order valence-corrected chi connectivity index (χ3v) is 11.7. The highest BCUT2D eigenvalue weighted by atomic mass is 16.6. The predicted octanol–water partition coefficient (Wildman–Crippen LogP) is 12.9. The van der Waals surface area contributed by atoms with Crippen LogP contribution in [0, 0.1) is 0 Å². The number of hydrogen-bond acceptors (Lipinski definition) is 7. The third-order valence-electron chi connectivity index (χ3n) is 11.7. The number of carbonyl (C=O) groups excluding carboxylic acids is 3. The Morgan fingerprint density at radius 2 is 0.847 bits per heavy atom. The zero-order valence-electron chi connectivity index (χ0n) is 39.7. The van der Waals surface area contributed by atoms with Crippen LogP contribution in [0.25, 0.3) is 0 Å². The molecular weight excluding hydrogens is 739 g/mol. The molecule has 0 aromatic rings. The molecule has 348 valence electrons. The number of rotatable bonds is 46. The predicted molar refractivity (Wildman–Crippen MR) is 245 cm³/mol. The Bertz CT molecular complexity index is 978. The topological polar surface area (TPSA) is 102 Å². The Labute approximate surface area is 365 Å². The molecule has 0 saturated heterocycles. The number of carboxylic acid groups (broad SMARTS) is 1. The smallest absolute Gasteiger partial charge is 0.306 e. The summed E-state index contributed by atoms with van der Waals surface area (Å²) in [5, 5.41) is 11.6. The van der Waals surface area contributed by atoms with Gasteiger partial charge in [0.2, 0.25) is 0 Å². The van der Waals surface area contributed by atoms with E-state index in [1.54, 1.807) is 0 Å². The first-order chi connectivity index (χ1) is 28.6. The maximum atomic E-state index is 12.8. The monoisotopic (exact) mass is 836 g/mol. The number of quaternary nitrogens is 1. The second-order valence-corrected chi connectivity index (χ2v) is 18.4. The molecule has 2 unspecified atom stereocenters. The van der Waals surface area contributed by atoms with Crippen LogP contribution in [0.4, 0.5) is 0 Å². The number of allylic oxidation sites excluding steroid dienone is 2. The maximum Gasteiger partial charge on any atom is 0.306 e. The fraction of sp³-hybridized carbons (Fsp3) is 0.902. The van der Waals surface area contributed by atoms with Crippen LogP contribution in [0.5, 0.6) is 0 Å². The molecule has 0 N–H and O–H groups in total. The van der Waals surface area contributed by atoms with E-state index in [2.05, 4.69) is 26.0 Å². The summed E-state index contributed by atoms with van der Waals surface area (Å²) in [6, 6.07) is -0.723. The average Bonchev–Trinajstić information content (AvgIpc) is 3.19. The largest absolute Gasteiger partial charge is 0.544 e. The van der Waals surface area contributed by atoms with E-state index >= 15 is 0 Å². The fourth-order valence-corrected chi connectivity index (χ4v) is 7.71. The highest BCUT2D eigenvalue weighted by molar-refractivity contribution is 5.70. The third kappa shape index (κ3) is 41.2. The van der Waals surface area contributed by atoms with Gasteiger partial charge >= 0.3 is 11.9 Å². The SMILES string of the molecule is CCCCCCCCCCC/C=C/CCCCCCCC(=O)OC(COCCC(C(=O)[O-])[N+](C)(C)C)COC(=O)CCCCCCCCCCCCCCCCCCC. The quantitative estimate of drug-likeness (QED) is 0.0260. The molecular formula is C51H97NO7. The number of carboxylic acids is 1. The van der Waals surface area contributed by atoms with E-state index < -0.39 is 18.1 Å². The normalized spacial score (nSPS) is 12.9. The van der Waals surface area contributed by atoms with Gasteiger partial charge in [-0.05, 0) is 38.5 Å². The van der Waals surface area contributed by atoms with E-state index in [1.807, 2.05) is 21.1 Å². The summed E-state index contributed by atoms with van der Waals surface area (Å²) in [5.74, 6) is -1.73. The Kier molecular flexibility index (Phi) is 41.3. The summed E-state index contributed by atoms with van der Waals surface area (Å²) in [7, 11) is 5.42. The molecule has 0 aliphatic carbocycles. The van der Waals surface area contributed by atoms with Gasteiger partial charge in [0.25, 0.3) is 0 Å². The lowest BCUT2D eigenvalue weighted by atomic mass is 10.0. The van der Waals surface area contributed by atoms with Crippen molar-refractivity contribution >= 4 is 17.9 Å². The number of likely N-dealkylation sites (N-methyl/N-ethyl adjacent to an activating group) is 1. The molecule has 8 nitrogen and oxygen atoms in total. The Morgan fingerprint density at radius 3 is 1.22 bits per heavy atom. The molecule has 0 rings (SSSR count). The minimum absolute atomic E-state index is 0.0434. The van der Waals surface area contributed by atoms with Gasteiger partial charge in [0.1, 0.15) is 12.6 Å². The van der Waals surface area contributed by atoms with Crippen LogP contribution in [0.2, 0.25) is 0 Å². The van der Waals surface area contributed by atoms with Crippen molar-refractivity contribution in [2.24, 2.45) is 0 Å². The van der Waals surface area contributed by atoms with Crippen molar-refractivity contribution in [1.29, 1.82) is 0 Å². The summed E-state index contributed by atoms with van der Waals surface area (Å²) < 4.78 is 17.2. The van der Waals surface area contributed by atoms with Gasteiger partial charge in [-0.2, -0.15) is 0 Å². The zero-order valence-corrected chi connectivity index (χ0v) is 39.7. The minimum atomic E-state index is -1.12. The molecule has 0 bridgehead atoms. The second-order valence-electron chi connectivity index (χ2n) is 18.4. The van der Waals surface area contributed by atoms with Crippen LogP contribution in [-0.4, -0.2) is 75.5 Å². The van der Waals surface area contributed by atoms with E-state index in [4.69, 9.17) is 14.2 Å². The van der Waals surface area contributed by atoms with E-state index in [0.717, 1.165) is 51.4 Å². The van der Waals surface area contributed by atoms with Crippen molar-refractivity contribution < 1.29 is 38.2 Å². The summed E-state index contributed by atoms with van der Waals surface area (Å²) in [4.78, 5) is 37.0. The van der Waals surface area contributed by atoms with Crippen LogP contribution < -0.4 is 5.11 Å². The van der Waals surface area contributed by atoms with Crippen molar-refractivity contribution in [2.45, 2.75) is 257 Å². The summed E-state index contributed by atoms with van der Waals surface area (Å²) in [6.07, 6.45) is 46.6. The Balaban J connectivity index is 4.24. The highest BCUT2D eigenvalue weighted by Crippen LogP contribution is 2.16. The molecule has 0 aromatic carbocycles. The lowest BCUT2D eigenvalue weighted by Gasteiger charge is -2.34. The van der Waals surface area contributed by atoms with Gasteiger partial charge < -0.3 is 28.6 Å². The minimum Gasteiger partial charge on any atom is -0.544 e. The first-order valence-electron chi connectivity index (χ1n) is 25.2. The maximum absolute atomic E-state index is 12.8. The number of aliphatic carboxylic acids is 1. The first-order valence-corrected chi connectivity index (χ1v) is 25.2. The molecule has 0 aromatic heterocycles. The van der Waals surface area contributed by atoms with Crippen LogP contribution in [-0.2, 0) is 28.6 Å². The van der Waals surface area contributed by atoms with Gasteiger partial charge in [-0.3, -0.25) is 9.59 Å². The number of carbonyl (C=O) groups is 3. The van der Waals surface area contributed by atoms with Crippen molar-refractivity contribution in [3.8, 4) is 0 Å². The molecule has 0 radical (unpaired) electrons. The Morgan fingerprint density at radius 1 is 0.492 bits per heavy atom. The van der Waals surface area contributed by atoms with Gasteiger partial charge in [-0.15, -0.1) is 0 Å². The van der Waals surface area contributed by atoms with Crippen LogP contribution in [0.1, 0.15) is 245 Å². The van der Waals surface area contributed by atoms with Crippen molar-refractivity contribution in [3.05, 3.63) is 12.2 Å². The zero-order chi connectivity index (χ0) is 43.5. The molecule has 8 heteroatoms. The van der Waals surface area contributed by atoms with Crippen molar-refractivity contribution in [1.82, 2.24) is 0 Å². The molecule has 2 atom stereocenters. The summed E-state index contributed by atoms with van der Waals surface area (Å²) in [6.45, 7) is 4.70. The van der Waals surface area contributed by atoms with E-state index in [0.29, 0.717) is 12.8 Å². The van der Waals surface area contributed by atoms with Crippen LogP contribution >= 0.6 is 0 Å². The Hall–Kier alpha value is -1.93. The van der Waals surface area contributed by atoms with Gasteiger partial charge in [-0.1, -0.05) is 199 Å². The molecule has 0 heterocycles.